The van der Waals surface area contributed by atoms with E-state index in [4.69, 9.17) is 0 Å². The quantitative estimate of drug-likeness (QED) is 0.483. The Labute approximate surface area is 184 Å². The van der Waals surface area contributed by atoms with E-state index in [0.29, 0.717) is 29.7 Å². The third kappa shape index (κ3) is 4.22. The Hall–Kier alpha value is -4.01. The van der Waals surface area contributed by atoms with E-state index in [1.165, 1.54) is 0 Å². The second-order valence-electron chi connectivity index (χ2n) is 7.40. The normalized spacial score (nSPS) is 11.1. The average molecular weight is 432 g/mol. The molecule has 2 aromatic carbocycles. The van der Waals surface area contributed by atoms with Crippen LogP contribution < -0.4 is 10.9 Å². The highest BCUT2D eigenvalue weighted by Gasteiger charge is 2.13. The van der Waals surface area contributed by atoms with Crippen molar-refractivity contribution in [1.82, 2.24) is 24.5 Å². The van der Waals surface area contributed by atoms with Crippen molar-refractivity contribution in [1.29, 1.82) is 0 Å². The number of hydrogen-bond donors (Lipinski definition) is 1. The Kier molecular flexibility index (Phi) is 5.98. The molecule has 0 bridgehead atoms. The minimum Gasteiger partial charge on any atom is -0.342 e. The molecule has 0 aliphatic rings. The molecule has 4 rings (SSSR count). The number of aromatic nitrogens is 4. The van der Waals surface area contributed by atoms with Gasteiger partial charge in [-0.3, -0.25) is 14.4 Å². The molecule has 164 valence electrons. The van der Waals surface area contributed by atoms with Gasteiger partial charge in [0.1, 0.15) is 18.6 Å². The molecule has 0 atom stereocenters. The Morgan fingerprint density at radius 1 is 1.03 bits per heavy atom. The minimum atomic E-state index is -0.382. The summed E-state index contributed by atoms with van der Waals surface area (Å²) in [5.74, 6) is -0.320. The lowest BCUT2D eigenvalue weighted by atomic mass is 10.2. The van der Waals surface area contributed by atoms with E-state index in [2.05, 4.69) is 15.6 Å². The lowest BCUT2D eigenvalue weighted by molar-refractivity contribution is -0.131. The van der Waals surface area contributed by atoms with Crippen molar-refractivity contribution < 1.29 is 9.59 Å². The molecule has 9 heteroatoms. The molecular formula is C23H24N6O3. The van der Waals surface area contributed by atoms with Crippen LogP contribution in [0.5, 0.6) is 0 Å². The fourth-order valence-corrected chi connectivity index (χ4v) is 3.70. The molecule has 0 unspecified atom stereocenters. The number of hydrogen-bond acceptors (Lipinski definition) is 5. The highest BCUT2D eigenvalue weighted by molar-refractivity contribution is 5.94. The molecule has 2 heterocycles. The molecule has 0 fully saturated rings. The Bertz CT molecular complexity index is 1350. The van der Waals surface area contributed by atoms with Gasteiger partial charge in [-0.2, -0.15) is 0 Å². The zero-order valence-corrected chi connectivity index (χ0v) is 18.0. The van der Waals surface area contributed by atoms with Gasteiger partial charge in [-0.05, 0) is 50.2 Å². The summed E-state index contributed by atoms with van der Waals surface area (Å²) in [5.41, 5.74) is 1.62. The van der Waals surface area contributed by atoms with Crippen LogP contribution in [-0.4, -0.2) is 49.4 Å². The molecule has 0 saturated heterocycles. The third-order valence-corrected chi connectivity index (χ3v) is 5.40. The van der Waals surface area contributed by atoms with Crippen LogP contribution in [0.4, 0.5) is 5.69 Å². The van der Waals surface area contributed by atoms with Gasteiger partial charge < -0.3 is 14.8 Å². The van der Waals surface area contributed by atoms with Crippen molar-refractivity contribution in [2.45, 2.75) is 26.9 Å². The Morgan fingerprint density at radius 3 is 2.59 bits per heavy atom. The summed E-state index contributed by atoms with van der Waals surface area (Å²) in [7, 11) is 0. The number of nitrogens with zero attached hydrogens (tertiary/aromatic N) is 5. The van der Waals surface area contributed by atoms with E-state index >= 15 is 0 Å². The van der Waals surface area contributed by atoms with Crippen LogP contribution in [0.25, 0.3) is 21.8 Å². The molecule has 32 heavy (non-hydrogen) atoms. The van der Waals surface area contributed by atoms with Gasteiger partial charge >= 0.3 is 0 Å². The number of fused-ring (bicyclic) bond motifs is 2. The third-order valence-electron chi connectivity index (χ3n) is 5.40. The smallest absolute Gasteiger partial charge is 0.278 e. The first kappa shape index (κ1) is 21.2. The van der Waals surface area contributed by atoms with Gasteiger partial charge in [0.2, 0.25) is 11.8 Å². The SMILES string of the molecule is CCN(CC)C(=O)Cn1ccc2cc(NC(=O)Cn3nnc4ccccc4c3=O)ccc21. The van der Waals surface area contributed by atoms with E-state index in [0.717, 1.165) is 15.6 Å². The minimum absolute atomic E-state index is 0.0619. The Balaban J connectivity index is 1.48. The van der Waals surface area contributed by atoms with Crippen LogP contribution in [0.3, 0.4) is 0 Å². The van der Waals surface area contributed by atoms with Crippen molar-refractivity contribution >= 4 is 39.3 Å². The van der Waals surface area contributed by atoms with Crippen molar-refractivity contribution in [3.05, 3.63) is 65.1 Å². The first-order chi connectivity index (χ1) is 15.5. The van der Waals surface area contributed by atoms with Crippen LogP contribution in [0.2, 0.25) is 0 Å². The summed E-state index contributed by atoms with van der Waals surface area (Å²) in [5, 5.41) is 12.0. The van der Waals surface area contributed by atoms with Gasteiger partial charge in [-0.25, -0.2) is 4.68 Å². The first-order valence-corrected chi connectivity index (χ1v) is 10.5. The highest BCUT2D eigenvalue weighted by atomic mass is 16.2. The van der Waals surface area contributed by atoms with Crippen molar-refractivity contribution in [3.8, 4) is 0 Å². The lowest BCUT2D eigenvalue weighted by Crippen LogP contribution is -2.33. The maximum Gasteiger partial charge on any atom is 0.278 e. The largest absolute Gasteiger partial charge is 0.342 e. The van der Waals surface area contributed by atoms with Gasteiger partial charge in [0, 0.05) is 35.9 Å². The molecule has 0 aliphatic carbocycles. The van der Waals surface area contributed by atoms with Gasteiger partial charge in [-0.1, -0.05) is 17.3 Å². The second-order valence-corrected chi connectivity index (χ2v) is 7.40. The summed E-state index contributed by atoms with van der Waals surface area (Å²) in [6.07, 6.45) is 1.86. The van der Waals surface area contributed by atoms with Crippen molar-refractivity contribution in [3.63, 3.8) is 0 Å². The summed E-state index contributed by atoms with van der Waals surface area (Å²) in [4.78, 5) is 39.2. The van der Waals surface area contributed by atoms with Crippen LogP contribution >= 0.6 is 0 Å². The standard InChI is InChI=1S/C23H24N6O3/c1-3-27(4-2)22(31)15-28-12-11-16-13-17(9-10-20(16)28)24-21(30)14-29-23(32)18-7-5-6-8-19(18)25-26-29/h5-13H,3-4,14-15H2,1-2H3,(H,24,30). The predicted molar refractivity (Wildman–Crippen MR) is 122 cm³/mol. The number of nitrogens with one attached hydrogen (secondary N) is 1. The molecule has 0 spiro atoms. The average Bonchev–Trinajstić information content (AvgIpc) is 3.18. The summed E-state index contributed by atoms with van der Waals surface area (Å²) in [6, 6.07) is 14.2. The van der Waals surface area contributed by atoms with Gasteiger partial charge in [0.15, 0.2) is 0 Å². The fraction of sp³-hybridized carbons (Fsp3) is 0.261. The van der Waals surface area contributed by atoms with E-state index < -0.39 is 0 Å². The van der Waals surface area contributed by atoms with Crippen LogP contribution in [-0.2, 0) is 22.7 Å². The molecule has 0 aliphatic heterocycles. The molecule has 1 N–H and O–H groups in total. The molecule has 0 saturated carbocycles. The molecule has 2 aromatic heterocycles. The second kappa shape index (κ2) is 9.01. The molecule has 2 amide bonds. The van der Waals surface area contributed by atoms with Gasteiger partial charge in [-0.15, -0.1) is 5.10 Å². The predicted octanol–water partition coefficient (Wildman–Crippen LogP) is 2.25. The number of rotatable bonds is 7. The maximum absolute atomic E-state index is 12.5. The first-order valence-electron chi connectivity index (χ1n) is 10.5. The van der Waals surface area contributed by atoms with Crippen LogP contribution in [0.15, 0.2) is 59.5 Å². The summed E-state index contributed by atoms with van der Waals surface area (Å²) in [6.45, 7) is 5.29. The molecular weight excluding hydrogens is 408 g/mol. The monoisotopic (exact) mass is 432 g/mol. The number of carbonyl (C=O) groups is 2. The summed E-state index contributed by atoms with van der Waals surface area (Å²) < 4.78 is 2.94. The lowest BCUT2D eigenvalue weighted by Gasteiger charge is -2.19. The number of likely N-dealkylation sites (N-methyl/N-ethyl adjacent to an activating group) is 1. The maximum atomic E-state index is 12.5. The molecule has 9 nitrogen and oxygen atoms in total. The van der Waals surface area contributed by atoms with E-state index in [1.54, 1.807) is 35.2 Å². The Morgan fingerprint density at radius 2 is 1.81 bits per heavy atom. The van der Waals surface area contributed by atoms with Crippen molar-refractivity contribution in [2.24, 2.45) is 0 Å². The van der Waals surface area contributed by atoms with E-state index in [9.17, 15) is 14.4 Å². The molecule has 0 radical (unpaired) electrons. The van der Waals surface area contributed by atoms with Gasteiger partial charge in [0.05, 0.1) is 5.39 Å². The number of carbonyl (C=O) groups excluding carboxylic acids is 2. The van der Waals surface area contributed by atoms with E-state index in [-0.39, 0.29) is 30.5 Å². The van der Waals surface area contributed by atoms with E-state index in [1.807, 2.05) is 42.8 Å². The number of anilines is 1. The van der Waals surface area contributed by atoms with Gasteiger partial charge in [0.25, 0.3) is 5.56 Å². The topological polar surface area (TPSA) is 102 Å². The number of benzene rings is 2. The number of amides is 2. The highest BCUT2D eigenvalue weighted by Crippen LogP contribution is 2.21. The summed E-state index contributed by atoms with van der Waals surface area (Å²) >= 11 is 0. The fourth-order valence-electron chi connectivity index (χ4n) is 3.70. The van der Waals surface area contributed by atoms with Crippen molar-refractivity contribution in [2.75, 3.05) is 18.4 Å². The van der Waals surface area contributed by atoms with Crippen LogP contribution in [0.1, 0.15) is 13.8 Å². The van der Waals surface area contributed by atoms with Crippen LogP contribution in [0, 0.1) is 0 Å². The molecule has 4 aromatic rings. The zero-order valence-electron chi connectivity index (χ0n) is 18.0. The zero-order chi connectivity index (χ0) is 22.7.